The van der Waals surface area contributed by atoms with E-state index in [-0.39, 0.29) is 0 Å². The van der Waals surface area contributed by atoms with Crippen LogP contribution in [0.15, 0.2) is 53.9 Å². The second-order valence-corrected chi connectivity index (χ2v) is 6.30. The first-order valence-electron chi connectivity index (χ1n) is 7.03. The lowest BCUT2D eigenvalue weighted by Gasteiger charge is -2.09. The van der Waals surface area contributed by atoms with Gasteiger partial charge in [-0.3, -0.25) is 0 Å². The van der Waals surface area contributed by atoms with Gasteiger partial charge < -0.3 is 5.32 Å². The SMILES string of the molecule is CC(C)c1ccc(NCc2csc3ccccc23)cc1. The predicted molar refractivity (Wildman–Crippen MR) is 89.7 cm³/mol. The van der Waals surface area contributed by atoms with E-state index in [1.165, 1.54) is 26.9 Å². The number of hydrogen-bond acceptors (Lipinski definition) is 2. The van der Waals surface area contributed by atoms with Gasteiger partial charge in [0.05, 0.1) is 0 Å². The summed E-state index contributed by atoms with van der Waals surface area (Å²) in [6, 6.07) is 17.3. The molecular weight excluding hydrogens is 262 g/mol. The monoisotopic (exact) mass is 281 g/mol. The maximum Gasteiger partial charge on any atom is 0.0415 e. The first-order valence-corrected chi connectivity index (χ1v) is 7.91. The third-order valence-corrected chi connectivity index (χ3v) is 4.63. The molecule has 0 spiro atoms. The van der Waals surface area contributed by atoms with Crippen LogP contribution in [0, 0.1) is 0 Å². The molecule has 0 saturated heterocycles. The second kappa shape index (κ2) is 5.68. The minimum absolute atomic E-state index is 0.588. The molecule has 0 atom stereocenters. The Kier molecular flexibility index (Phi) is 3.75. The van der Waals surface area contributed by atoms with Crippen LogP contribution in [-0.4, -0.2) is 0 Å². The normalized spacial score (nSPS) is 11.2. The Morgan fingerprint density at radius 2 is 1.75 bits per heavy atom. The van der Waals surface area contributed by atoms with Crippen LogP contribution in [0.1, 0.15) is 30.9 Å². The van der Waals surface area contributed by atoms with Crippen LogP contribution >= 0.6 is 11.3 Å². The largest absolute Gasteiger partial charge is 0.381 e. The van der Waals surface area contributed by atoms with Crippen LogP contribution in [0.3, 0.4) is 0 Å². The maximum absolute atomic E-state index is 3.51. The summed E-state index contributed by atoms with van der Waals surface area (Å²) in [5.74, 6) is 0.588. The fourth-order valence-corrected chi connectivity index (χ4v) is 3.32. The quantitative estimate of drug-likeness (QED) is 0.653. The molecule has 1 N–H and O–H groups in total. The van der Waals surface area contributed by atoms with Crippen LogP contribution in [0.4, 0.5) is 5.69 Å². The molecule has 2 heteroatoms. The molecule has 0 aliphatic carbocycles. The van der Waals surface area contributed by atoms with E-state index in [1.54, 1.807) is 0 Å². The van der Waals surface area contributed by atoms with Gasteiger partial charge in [-0.1, -0.05) is 44.2 Å². The molecule has 0 aliphatic rings. The van der Waals surface area contributed by atoms with Crippen molar-refractivity contribution in [1.29, 1.82) is 0 Å². The van der Waals surface area contributed by atoms with Crippen molar-refractivity contribution in [3.8, 4) is 0 Å². The van der Waals surface area contributed by atoms with Crippen molar-refractivity contribution in [3.05, 3.63) is 65.0 Å². The Morgan fingerprint density at radius 3 is 2.50 bits per heavy atom. The predicted octanol–water partition coefficient (Wildman–Crippen LogP) is 5.64. The third kappa shape index (κ3) is 2.70. The summed E-state index contributed by atoms with van der Waals surface area (Å²) < 4.78 is 1.36. The average molecular weight is 281 g/mol. The van der Waals surface area contributed by atoms with Crippen LogP contribution in [0.25, 0.3) is 10.1 Å². The molecule has 1 aromatic heterocycles. The molecule has 0 fully saturated rings. The molecule has 1 nitrogen and oxygen atoms in total. The topological polar surface area (TPSA) is 12.0 Å². The highest BCUT2D eigenvalue weighted by Gasteiger charge is 2.03. The van der Waals surface area contributed by atoms with Gasteiger partial charge in [0.1, 0.15) is 0 Å². The number of anilines is 1. The average Bonchev–Trinajstić information content (AvgIpc) is 2.89. The minimum Gasteiger partial charge on any atom is -0.381 e. The van der Waals surface area contributed by atoms with Gasteiger partial charge in [-0.2, -0.15) is 0 Å². The maximum atomic E-state index is 3.51. The summed E-state index contributed by atoms with van der Waals surface area (Å²) in [6.45, 7) is 5.32. The zero-order valence-corrected chi connectivity index (χ0v) is 12.7. The van der Waals surface area contributed by atoms with Crippen molar-refractivity contribution in [1.82, 2.24) is 0 Å². The summed E-state index contributed by atoms with van der Waals surface area (Å²) in [6.07, 6.45) is 0. The van der Waals surface area contributed by atoms with Gasteiger partial charge in [0.25, 0.3) is 0 Å². The van der Waals surface area contributed by atoms with Crippen LogP contribution in [-0.2, 0) is 6.54 Å². The summed E-state index contributed by atoms with van der Waals surface area (Å²) >= 11 is 1.82. The van der Waals surface area contributed by atoms with Gasteiger partial charge in [-0.05, 0) is 46.0 Å². The standard InChI is InChI=1S/C18H19NS/c1-13(2)14-7-9-16(10-8-14)19-11-15-12-20-18-6-4-3-5-17(15)18/h3-10,12-13,19H,11H2,1-2H3. The highest BCUT2D eigenvalue weighted by molar-refractivity contribution is 7.17. The number of benzene rings is 2. The van der Waals surface area contributed by atoms with E-state index < -0.39 is 0 Å². The highest BCUT2D eigenvalue weighted by atomic mass is 32.1. The van der Waals surface area contributed by atoms with Gasteiger partial charge in [0, 0.05) is 16.9 Å². The van der Waals surface area contributed by atoms with Crippen molar-refractivity contribution < 1.29 is 0 Å². The van der Waals surface area contributed by atoms with Gasteiger partial charge >= 0.3 is 0 Å². The van der Waals surface area contributed by atoms with Gasteiger partial charge in [-0.15, -0.1) is 11.3 Å². The van der Waals surface area contributed by atoms with Crippen molar-refractivity contribution in [3.63, 3.8) is 0 Å². The first kappa shape index (κ1) is 13.2. The van der Waals surface area contributed by atoms with Crippen LogP contribution in [0.2, 0.25) is 0 Å². The number of hydrogen-bond donors (Lipinski definition) is 1. The second-order valence-electron chi connectivity index (χ2n) is 5.39. The Bertz CT molecular complexity index is 695. The third-order valence-electron chi connectivity index (χ3n) is 3.62. The molecule has 0 amide bonds. The lowest BCUT2D eigenvalue weighted by atomic mass is 10.0. The Morgan fingerprint density at radius 1 is 1.00 bits per heavy atom. The Labute approximate surface area is 124 Å². The lowest BCUT2D eigenvalue weighted by Crippen LogP contribution is -1.98. The fraction of sp³-hybridized carbons (Fsp3) is 0.222. The highest BCUT2D eigenvalue weighted by Crippen LogP contribution is 2.26. The number of thiophene rings is 1. The van der Waals surface area contributed by atoms with Gasteiger partial charge in [0.2, 0.25) is 0 Å². The molecule has 0 unspecified atom stereocenters. The van der Waals surface area contributed by atoms with E-state index in [9.17, 15) is 0 Å². The molecule has 102 valence electrons. The minimum atomic E-state index is 0.588. The van der Waals surface area contributed by atoms with E-state index >= 15 is 0 Å². The van der Waals surface area contributed by atoms with E-state index in [4.69, 9.17) is 0 Å². The summed E-state index contributed by atoms with van der Waals surface area (Å²) in [7, 11) is 0. The van der Waals surface area contributed by atoms with Crippen LogP contribution < -0.4 is 5.32 Å². The molecule has 1 heterocycles. The number of nitrogens with one attached hydrogen (secondary N) is 1. The van der Waals surface area contributed by atoms with Gasteiger partial charge in [-0.25, -0.2) is 0 Å². The molecule has 0 radical (unpaired) electrons. The van der Waals surface area contributed by atoms with Crippen LogP contribution in [0.5, 0.6) is 0 Å². The number of rotatable bonds is 4. The smallest absolute Gasteiger partial charge is 0.0415 e. The molecule has 0 aliphatic heterocycles. The molecule has 2 aromatic carbocycles. The summed E-state index contributed by atoms with van der Waals surface area (Å²) in [4.78, 5) is 0. The van der Waals surface area contributed by atoms with E-state index in [0.29, 0.717) is 5.92 Å². The zero-order chi connectivity index (χ0) is 13.9. The molecule has 3 aromatic rings. The first-order chi connectivity index (χ1) is 9.74. The zero-order valence-electron chi connectivity index (χ0n) is 11.9. The molecule has 20 heavy (non-hydrogen) atoms. The van der Waals surface area contributed by atoms with Crippen molar-refractivity contribution >= 4 is 27.1 Å². The van der Waals surface area contributed by atoms with E-state index in [2.05, 4.69) is 73.1 Å². The number of fused-ring (bicyclic) bond motifs is 1. The Balaban J connectivity index is 1.73. The van der Waals surface area contributed by atoms with E-state index in [0.717, 1.165) is 6.54 Å². The molecule has 0 bridgehead atoms. The van der Waals surface area contributed by atoms with Crippen molar-refractivity contribution in [2.24, 2.45) is 0 Å². The van der Waals surface area contributed by atoms with Crippen molar-refractivity contribution in [2.75, 3.05) is 5.32 Å². The molecule has 0 saturated carbocycles. The van der Waals surface area contributed by atoms with Crippen molar-refractivity contribution in [2.45, 2.75) is 26.3 Å². The molecule has 3 rings (SSSR count). The van der Waals surface area contributed by atoms with Gasteiger partial charge in [0.15, 0.2) is 0 Å². The molecular formula is C18H19NS. The Hall–Kier alpha value is -1.80. The lowest BCUT2D eigenvalue weighted by molar-refractivity contribution is 0.867. The summed E-state index contributed by atoms with van der Waals surface area (Å²) in [5, 5.41) is 7.13. The van der Waals surface area contributed by atoms with E-state index in [1.807, 2.05) is 11.3 Å². The summed E-state index contributed by atoms with van der Waals surface area (Å²) in [5.41, 5.74) is 3.94. The fourth-order valence-electron chi connectivity index (χ4n) is 2.35.